The van der Waals surface area contributed by atoms with Crippen LogP contribution in [-0.2, 0) is 4.79 Å². The second kappa shape index (κ2) is 18.7. The zero-order chi connectivity index (χ0) is 32.6. The summed E-state index contributed by atoms with van der Waals surface area (Å²) >= 11 is 0. The van der Waals surface area contributed by atoms with E-state index in [9.17, 15) is 13.6 Å². The molecule has 0 bridgehead atoms. The molecule has 252 valence electrons. The summed E-state index contributed by atoms with van der Waals surface area (Å²) < 4.78 is 28.1. The Morgan fingerprint density at radius 1 is 0.935 bits per heavy atom. The quantitative estimate of drug-likeness (QED) is 0.130. The molecule has 0 spiro atoms. The summed E-state index contributed by atoms with van der Waals surface area (Å²) in [6.45, 7) is 5.45. The summed E-state index contributed by atoms with van der Waals surface area (Å²) in [5, 5.41) is 3.25. The van der Waals surface area contributed by atoms with E-state index < -0.39 is 5.92 Å². The third kappa shape index (κ3) is 12.1. The number of likely N-dealkylation sites (tertiary alicyclic amines) is 1. The number of carbonyl (C=O) groups is 1. The first-order valence-electron chi connectivity index (χ1n) is 17.6. The van der Waals surface area contributed by atoms with Crippen LogP contribution in [0.4, 0.5) is 26.4 Å². The van der Waals surface area contributed by atoms with E-state index >= 15 is 0 Å². The lowest BCUT2D eigenvalue weighted by Gasteiger charge is -2.32. The third-order valence-electron chi connectivity index (χ3n) is 8.97. The van der Waals surface area contributed by atoms with Crippen LogP contribution in [0.3, 0.4) is 0 Å². The van der Waals surface area contributed by atoms with Gasteiger partial charge in [0.25, 0.3) is 5.92 Å². The molecule has 4 heterocycles. The van der Waals surface area contributed by atoms with Gasteiger partial charge in [-0.05, 0) is 76.0 Å². The third-order valence-corrected chi connectivity index (χ3v) is 8.97. The number of aryl methyl sites for hydroxylation is 1. The highest BCUT2D eigenvalue weighted by atomic mass is 19.3. The molecule has 0 unspecified atom stereocenters. The predicted molar refractivity (Wildman–Crippen MR) is 184 cm³/mol. The second-order valence-corrected chi connectivity index (χ2v) is 13.0. The molecule has 2 aliphatic heterocycles. The standard InChI is InChI=1S/C37H54F2N6O/c1-3-4-5-6-7-8-9-10-11-12-13-14-15-16-17-18-35(46)44-24-20-31(21-25-44)32-28-34(42-33-27-30(2)19-23-40-33)43-36(41-32)45-26-22-37(38,39)29-45/h7-8,10-11,19,23,27-28,31H,3-6,9,12-18,20-22,24-26,29H2,1-2H3,(H,40,41,42,43)/b8-7+,11-10-. The molecule has 46 heavy (non-hydrogen) atoms. The number of piperidine rings is 1. The van der Waals surface area contributed by atoms with E-state index in [4.69, 9.17) is 4.98 Å². The number of halogens is 2. The number of pyridine rings is 1. The van der Waals surface area contributed by atoms with Crippen molar-refractivity contribution in [2.24, 2.45) is 0 Å². The summed E-state index contributed by atoms with van der Waals surface area (Å²) in [5.41, 5.74) is 1.89. The number of nitrogens with zero attached hydrogens (tertiary/aromatic N) is 5. The lowest BCUT2D eigenvalue weighted by atomic mass is 9.93. The average Bonchev–Trinajstić information content (AvgIpc) is 3.42. The molecule has 0 aromatic carbocycles. The summed E-state index contributed by atoms with van der Waals surface area (Å²) in [5.74, 6) is -0.844. The Morgan fingerprint density at radius 3 is 2.35 bits per heavy atom. The van der Waals surface area contributed by atoms with Gasteiger partial charge in [0.05, 0.1) is 12.2 Å². The second-order valence-electron chi connectivity index (χ2n) is 13.0. The van der Waals surface area contributed by atoms with Gasteiger partial charge in [-0.3, -0.25) is 4.79 Å². The van der Waals surface area contributed by atoms with Crippen LogP contribution in [0, 0.1) is 6.92 Å². The molecular weight excluding hydrogens is 582 g/mol. The summed E-state index contributed by atoms with van der Waals surface area (Å²) in [6.07, 6.45) is 25.8. The lowest BCUT2D eigenvalue weighted by molar-refractivity contribution is -0.132. The van der Waals surface area contributed by atoms with Crippen molar-refractivity contribution in [2.75, 3.05) is 36.4 Å². The molecule has 2 aromatic heterocycles. The molecule has 1 N–H and O–H groups in total. The minimum Gasteiger partial charge on any atom is -0.343 e. The van der Waals surface area contributed by atoms with Gasteiger partial charge in [0.2, 0.25) is 11.9 Å². The smallest absolute Gasteiger partial charge is 0.267 e. The Balaban J connectivity index is 1.17. The molecule has 2 aliphatic rings. The van der Waals surface area contributed by atoms with Crippen LogP contribution in [0.1, 0.15) is 120 Å². The van der Waals surface area contributed by atoms with Gasteiger partial charge in [0.1, 0.15) is 11.6 Å². The lowest BCUT2D eigenvalue weighted by Crippen LogP contribution is -2.38. The number of anilines is 3. The highest BCUT2D eigenvalue weighted by Crippen LogP contribution is 2.33. The van der Waals surface area contributed by atoms with Crippen LogP contribution in [-0.4, -0.2) is 57.9 Å². The highest BCUT2D eigenvalue weighted by Gasteiger charge is 2.39. The molecule has 2 fully saturated rings. The minimum atomic E-state index is -2.74. The molecule has 9 heteroatoms. The Labute approximate surface area is 275 Å². The summed E-state index contributed by atoms with van der Waals surface area (Å²) in [4.78, 5) is 30.2. The SMILES string of the molecule is CCCCC/C=C/C/C=C\CCCCCCCC(=O)N1CCC(c2cc(Nc3cc(C)ccn3)nc(N3CCC(F)(F)C3)n2)CC1. The highest BCUT2D eigenvalue weighted by molar-refractivity contribution is 5.76. The number of hydrogen-bond donors (Lipinski definition) is 1. The topological polar surface area (TPSA) is 74.2 Å². The van der Waals surface area contributed by atoms with Crippen molar-refractivity contribution in [1.29, 1.82) is 0 Å². The van der Waals surface area contributed by atoms with E-state index in [1.807, 2.05) is 30.0 Å². The van der Waals surface area contributed by atoms with Gasteiger partial charge in [0, 0.05) is 50.7 Å². The number of hydrogen-bond acceptors (Lipinski definition) is 6. The molecule has 0 saturated carbocycles. The molecule has 2 saturated heterocycles. The van der Waals surface area contributed by atoms with E-state index in [0.717, 1.165) is 49.8 Å². The van der Waals surface area contributed by atoms with Crippen molar-refractivity contribution in [3.05, 3.63) is 60.0 Å². The minimum absolute atomic E-state index is 0.135. The van der Waals surface area contributed by atoms with Gasteiger partial charge in [-0.25, -0.2) is 18.7 Å². The monoisotopic (exact) mass is 636 g/mol. The molecule has 4 rings (SSSR count). The maximum absolute atomic E-state index is 14.0. The van der Waals surface area contributed by atoms with E-state index in [0.29, 0.717) is 37.1 Å². The Kier molecular flexibility index (Phi) is 14.4. The number of allylic oxidation sites excluding steroid dienone is 4. The average molecular weight is 637 g/mol. The predicted octanol–water partition coefficient (Wildman–Crippen LogP) is 9.29. The number of aromatic nitrogens is 3. The largest absolute Gasteiger partial charge is 0.343 e. The maximum Gasteiger partial charge on any atom is 0.267 e. The van der Waals surface area contributed by atoms with Gasteiger partial charge >= 0.3 is 0 Å². The van der Waals surface area contributed by atoms with E-state index in [1.54, 1.807) is 11.1 Å². The first-order valence-corrected chi connectivity index (χ1v) is 17.6. The van der Waals surface area contributed by atoms with Crippen molar-refractivity contribution >= 4 is 23.5 Å². The maximum atomic E-state index is 14.0. The molecule has 0 radical (unpaired) electrons. The van der Waals surface area contributed by atoms with E-state index in [-0.39, 0.29) is 31.3 Å². The van der Waals surface area contributed by atoms with Gasteiger partial charge < -0.3 is 15.1 Å². The van der Waals surface area contributed by atoms with Crippen LogP contribution < -0.4 is 10.2 Å². The van der Waals surface area contributed by atoms with E-state index in [2.05, 4.69) is 46.5 Å². The van der Waals surface area contributed by atoms with Crippen molar-refractivity contribution in [2.45, 2.75) is 122 Å². The van der Waals surface area contributed by atoms with Gasteiger partial charge in [-0.2, -0.15) is 4.98 Å². The van der Waals surface area contributed by atoms with Gasteiger partial charge in [-0.15, -0.1) is 0 Å². The van der Waals surface area contributed by atoms with Crippen LogP contribution >= 0.6 is 0 Å². The zero-order valence-corrected chi connectivity index (χ0v) is 28.0. The Bertz CT molecular complexity index is 1270. The number of amides is 1. The molecule has 0 atom stereocenters. The molecular formula is C37H54F2N6O. The van der Waals surface area contributed by atoms with Crippen molar-refractivity contribution < 1.29 is 13.6 Å². The van der Waals surface area contributed by atoms with Gasteiger partial charge in [-0.1, -0.05) is 63.3 Å². The van der Waals surface area contributed by atoms with E-state index in [1.165, 1.54) is 44.9 Å². The number of rotatable bonds is 18. The van der Waals surface area contributed by atoms with Crippen LogP contribution in [0.2, 0.25) is 0 Å². The Morgan fingerprint density at radius 2 is 1.65 bits per heavy atom. The fourth-order valence-corrected chi connectivity index (χ4v) is 6.18. The van der Waals surface area contributed by atoms with Crippen molar-refractivity contribution in [3.8, 4) is 0 Å². The first-order chi connectivity index (χ1) is 22.3. The van der Waals surface area contributed by atoms with Crippen LogP contribution in [0.25, 0.3) is 0 Å². The molecule has 2 aromatic rings. The molecule has 1 amide bonds. The van der Waals surface area contributed by atoms with Crippen LogP contribution in [0.15, 0.2) is 48.7 Å². The molecule has 0 aliphatic carbocycles. The van der Waals surface area contributed by atoms with Gasteiger partial charge in [0.15, 0.2) is 0 Å². The number of alkyl halides is 2. The summed E-state index contributed by atoms with van der Waals surface area (Å²) in [6, 6.07) is 5.75. The fourth-order valence-electron chi connectivity index (χ4n) is 6.18. The number of nitrogens with one attached hydrogen (secondary N) is 1. The number of carbonyl (C=O) groups excluding carboxylic acids is 1. The van der Waals surface area contributed by atoms with Crippen molar-refractivity contribution in [3.63, 3.8) is 0 Å². The summed E-state index contributed by atoms with van der Waals surface area (Å²) in [7, 11) is 0. The first kappa shape index (κ1) is 35.5. The zero-order valence-electron chi connectivity index (χ0n) is 28.0. The molecule has 7 nitrogen and oxygen atoms in total. The fraction of sp³-hybridized carbons (Fsp3) is 0.622. The Hall–Kier alpha value is -3.36. The van der Waals surface area contributed by atoms with Crippen LogP contribution in [0.5, 0.6) is 0 Å². The normalized spacial score (nSPS) is 17.0. The van der Waals surface area contributed by atoms with Crippen molar-refractivity contribution in [1.82, 2.24) is 19.9 Å². The number of unbranched alkanes of at least 4 members (excludes halogenated alkanes) is 8.